The summed E-state index contributed by atoms with van der Waals surface area (Å²) in [6, 6.07) is 0.302. The van der Waals surface area contributed by atoms with Crippen LogP contribution in [-0.2, 0) is 6.42 Å². The maximum absolute atomic E-state index is 10.8. The zero-order chi connectivity index (χ0) is 13.2. The Balaban J connectivity index is 2.09. The second-order valence-corrected chi connectivity index (χ2v) is 6.15. The number of hydrogen-bond donors (Lipinski definition) is 1. The van der Waals surface area contributed by atoms with Crippen LogP contribution in [0.1, 0.15) is 64.7 Å². The molecule has 2 unspecified atom stereocenters. The van der Waals surface area contributed by atoms with Crippen molar-refractivity contribution in [3.05, 3.63) is 12.2 Å². The highest BCUT2D eigenvalue weighted by Crippen LogP contribution is 2.32. The van der Waals surface area contributed by atoms with Crippen LogP contribution >= 0.6 is 0 Å². The fourth-order valence-corrected chi connectivity index (χ4v) is 2.87. The third-order valence-electron chi connectivity index (χ3n) is 4.07. The van der Waals surface area contributed by atoms with E-state index in [4.69, 9.17) is 0 Å². The van der Waals surface area contributed by atoms with Crippen LogP contribution in [0.3, 0.4) is 0 Å². The molecule has 0 bridgehead atoms. The van der Waals surface area contributed by atoms with E-state index in [0.717, 1.165) is 37.4 Å². The van der Waals surface area contributed by atoms with Gasteiger partial charge < -0.3 is 5.11 Å². The van der Waals surface area contributed by atoms with E-state index < -0.39 is 5.60 Å². The van der Waals surface area contributed by atoms with Gasteiger partial charge in [0.1, 0.15) is 12.2 Å². The van der Waals surface area contributed by atoms with Crippen molar-refractivity contribution in [2.45, 2.75) is 70.9 Å². The van der Waals surface area contributed by atoms with Crippen molar-refractivity contribution in [3.63, 3.8) is 0 Å². The lowest BCUT2D eigenvalue weighted by Gasteiger charge is -2.26. The molecule has 1 N–H and O–H groups in total. The minimum absolute atomic E-state index is 0.302. The standard InChI is InChI=1S/C14H25N3O/c1-11(2)17-13(15-10-16-17)9-14(18)7-4-5-12(3)6-8-14/h10-12,18H,4-9H2,1-3H3. The summed E-state index contributed by atoms with van der Waals surface area (Å²) < 4.78 is 1.92. The van der Waals surface area contributed by atoms with E-state index in [0.29, 0.717) is 12.5 Å². The molecule has 18 heavy (non-hydrogen) atoms. The molecule has 1 saturated carbocycles. The number of rotatable bonds is 3. The fourth-order valence-electron chi connectivity index (χ4n) is 2.87. The molecule has 4 nitrogen and oxygen atoms in total. The summed E-state index contributed by atoms with van der Waals surface area (Å²) in [7, 11) is 0. The van der Waals surface area contributed by atoms with Gasteiger partial charge in [-0.2, -0.15) is 5.10 Å². The van der Waals surface area contributed by atoms with Crippen LogP contribution in [0.15, 0.2) is 6.33 Å². The smallest absolute Gasteiger partial charge is 0.138 e. The lowest BCUT2D eigenvalue weighted by atomic mass is 9.90. The summed E-state index contributed by atoms with van der Waals surface area (Å²) in [4.78, 5) is 4.32. The highest BCUT2D eigenvalue weighted by Gasteiger charge is 2.31. The second kappa shape index (κ2) is 5.39. The van der Waals surface area contributed by atoms with Crippen LogP contribution in [-0.4, -0.2) is 25.5 Å². The third kappa shape index (κ3) is 3.10. The first-order chi connectivity index (χ1) is 8.50. The van der Waals surface area contributed by atoms with Crippen molar-refractivity contribution in [2.24, 2.45) is 5.92 Å². The average Bonchev–Trinajstić information content (AvgIpc) is 2.67. The van der Waals surface area contributed by atoms with Crippen molar-refractivity contribution in [2.75, 3.05) is 0 Å². The van der Waals surface area contributed by atoms with Gasteiger partial charge in [-0.3, -0.25) is 0 Å². The Morgan fingerprint density at radius 3 is 2.94 bits per heavy atom. The van der Waals surface area contributed by atoms with Gasteiger partial charge in [0.15, 0.2) is 0 Å². The van der Waals surface area contributed by atoms with Crippen LogP contribution < -0.4 is 0 Å². The van der Waals surface area contributed by atoms with Crippen molar-refractivity contribution >= 4 is 0 Å². The largest absolute Gasteiger partial charge is 0.389 e. The molecule has 1 aliphatic carbocycles. The first-order valence-electron chi connectivity index (χ1n) is 7.11. The first kappa shape index (κ1) is 13.5. The molecule has 2 rings (SSSR count). The highest BCUT2D eigenvalue weighted by molar-refractivity contribution is 4.96. The molecular weight excluding hydrogens is 226 g/mol. The van der Waals surface area contributed by atoms with Crippen molar-refractivity contribution < 1.29 is 5.11 Å². The Labute approximate surface area is 109 Å². The van der Waals surface area contributed by atoms with Gasteiger partial charge in [0.25, 0.3) is 0 Å². The van der Waals surface area contributed by atoms with E-state index in [1.165, 1.54) is 6.42 Å². The number of hydrogen-bond acceptors (Lipinski definition) is 3. The van der Waals surface area contributed by atoms with Crippen LogP contribution in [0.5, 0.6) is 0 Å². The SMILES string of the molecule is CC1CCCC(O)(Cc2ncnn2C(C)C)CC1. The van der Waals surface area contributed by atoms with Crippen LogP contribution in [0.25, 0.3) is 0 Å². The molecule has 1 heterocycles. The quantitative estimate of drug-likeness (QED) is 0.840. The number of aliphatic hydroxyl groups is 1. The molecule has 0 saturated heterocycles. The van der Waals surface area contributed by atoms with E-state index >= 15 is 0 Å². The molecule has 0 aliphatic heterocycles. The van der Waals surface area contributed by atoms with Crippen molar-refractivity contribution in [1.82, 2.24) is 14.8 Å². The summed E-state index contributed by atoms with van der Waals surface area (Å²) in [6.45, 7) is 6.47. The molecule has 0 spiro atoms. The topological polar surface area (TPSA) is 50.9 Å². The van der Waals surface area contributed by atoms with E-state index in [9.17, 15) is 5.11 Å². The summed E-state index contributed by atoms with van der Waals surface area (Å²) in [5.41, 5.74) is -0.579. The Bertz CT molecular complexity index is 388. The first-order valence-corrected chi connectivity index (χ1v) is 7.11. The van der Waals surface area contributed by atoms with Gasteiger partial charge >= 0.3 is 0 Å². The molecule has 0 aromatic carbocycles. The molecular formula is C14H25N3O. The van der Waals surface area contributed by atoms with E-state index in [1.807, 2.05) is 4.68 Å². The predicted molar refractivity (Wildman–Crippen MR) is 71.3 cm³/mol. The Kier molecular flexibility index (Phi) is 4.05. The fraction of sp³-hybridized carbons (Fsp3) is 0.857. The van der Waals surface area contributed by atoms with E-state index in [1.54, 1.807) is 6.33 Å². The molecule has 2 atom stereocenters. The predicted octanol–water partition coefficient (Wildman–Crippen LogP) is 2.73. The minimum atomic E-state index is -0.579. The molecule has 1 aromatic heterocycles. The summed E-state index contributed by atoms with van der Waals surface area (Å²) in [5, 5.41) is 15.0. The van der Waals surface area contributed by atoms with Gasteiger partial charge in [-0.05, 0) is 39.0 Å². The molecule has 0 amide bonds. The van der Waals surface area contributed by atoms with Gasteiger partial charge in [-0.15, -0.1) is 0 Å². The molecule has 102 valence electrons. The summed E-state index contributed by atoms with van der Waals surface area (Å²) in [5.74, 6) is 1.66. The van der Waals surface area contributed by atoms with Gasteiger partial charge in [0.2, 0.25) is 0 Å². The summed E-state index contributed by atoms with van der Waals surface area (Å²) in [6.07, 6.45) is 7.48. The second-order valence-electron chi connectivity index (χ2n) is 6.15. The van der Waals surface area contributed by atoms with E-state index in [2.05, 4.69) is 30.9 Å². The minimum Gasteiger partial charge on any atom is -0.389 e. The highest BCUT2D eigenvalue weighted by atomic mass is 16.3. The maximum atomic E-state index is 10.8. The van der Waals surface area contributed by atoms with Gasteiger partial charge in [-0.25, -0.2) is 9.67 Å². The zero-order valence-corrected chi connectivity index (χ0v) is 11.8. The van der Waals surface area contributed by atoms with Crippen molar-refractivity contribution in [1.29, 1.82) is 0 Å². The van der Waals surface area contributed by atoms with E-state index in [-0.39, 0.29) is 0 Å². The lowest BCUT2D eigenvalue weighted by molar-refractivity contribution is 0.0213. The summed E-state index contributed by atoms with van der Waals surface area (Å²) >= 11 is 0. The third-order valence-corrected chi connectivity index (χ3v) is 4.07. The average molecular weight is 251 g/mol. The van der Waals surface area contributed by atoms with Gasteiger partial charge in [0, 0.05) is 12.5 Å². The Morgan fingerprint density at radius 2 is 2.22 bits per heavy atom. The van der Waals surface area contributed by atoms with Crippen LogP contribution in [0.2, 0.25) is 0 Å². The number of aromatic nitrogens is 3. The van der Waals surface area contributed by atoms with Gasteiger partial charge in [0.05, 0.1) is 5.60 Å². The monoisotopic (exact) mass is 251 g/mol. The lowest BCUT2D eigenvalue weighted by Crippen LogP contribution is -2.32. The molecule has 4 heteroatoms. The van der Waals surface area contributed by atoms with Crippen LogP contribution in [0, 0.1) is 5.92 Å². The zero-order valence-electron chi connectivity index (χ0n) is 11.8. The van der Waals surface area contributed by atoms with Crippen molar-refractivity contribution in [3.8, 4) is 0 Å². The maximum Gasteiger partial charge on any atom is 0.138 e. The molecule has 1 fully saturated rings. The molecule has 1 aliphatic rings. The Morgan fingerprint density at radius 1 is 1.44 bits per heavy atom. The molecule has 1 aromatic rings. The molecule has 0 radical (unpaired) electrons. The Hall–Kier alpha value is -0.900. The van der Waals surface area contributed by atoms with Gasteiger partial charge in [-0.1, -0.05) is 19.8 Å². The normalized spacial score (nSPS) is 29.5. The number of nitrogens with zero attached hydrogens (tertiary/aromatic N) is 3. The van der Waals surface area contributed by atoms with Crippen LogP contribution in [0.4, 0.5) is 0 Å².